The first-order valence-corrected chi connectivity index (χ1v) is 6.15. The minimum atomic E-state index is 0.259. The van der Waals surface area contributed by atoms with Gasteiger partial charge in [-0.25, -0.2) is 0 Å². The summed E-state index contributed by atoms with van der Waals surface area (Å²) in [7, 11) is 0. The molecule has 86 valence electrons. The van der Waals surface area contributed by atoms with Gasteiger partial charge in [-0.1, -0.05) is 6.92 Å². The lowest BCUT2D eigenvalue weighted by Crippen LogP contribution is -2.34. The highest BCUT2D eigenvalue weighted by Crippen LogP contribution is 2.44. The average molecular weight is 210 g/mol. The van der Waals surface area contributed by atoms with Crippen LogP contribution in [0.5, 0.6) is 0 Å². The Morgan fingerprint density at radius 2 is 2.07 bits per heavy atom. The summed E-state index contributed by atoms with van der Waals surface area (Å²) in [5.74, 6) is 0.869. The number of carbonyl (C=O) groups is 1. The molecule has 1 saturated carbocycles. The molecule has 1 amide bonds. The van der Waals surface area contributed by atoms with Crippen LogP contribution >= 0.6 is 0 Å². The highest BCUT2D eigenvalue weighted by atomic mass is 16.1. The SMILES string of the molecule is CC1(CNC(=O)CC2CCNCC2)CC1. The van der Waals surface area contributed by atoms with E-state index < -0.39 is 0 Å². The first-order chi connectivity index (χ1) is 7.18. The van der Waals surface area contributed by atoms with E-state index in [0.717, 1.165) is 38.9 Å². The molecule has 2 rings (SSSR count). The summed E-state index contributed by atoms with van der Waals surface area (Å²) in [4.78, 5) is 11.7. The molecule has 3 nitrogen and oxygen atoms in total. The molecule has 0 atom stereocenters. The van der Waals surface area contributed by atoms with Crippen LogP contribution in [0.3, 0.4) is 0 Å². The molecule has 1 heterocycles. The third kappa shape index (κ3) is 3.49. The largest absolute Gasteiger partial charge is 0.356 e. The highest BCUT2D eigenvalue weighted by molar-refractivity contribution is 5.76. The number of nitrogens with one attached hydrogen (secondary N) is 2. The van der Waals surface area contributed by atoms with Gasteiger partial charge in [0.25, 0.3) is 0 Å². The van der Waals surface area contributed by atoms with E-state index in [1.165, 1.54) is 12.8 Å². The van der Waals surface area contributed by atoms with Crippen molar-refractivity contribution in [3.63, 3.8) is 0 Å². The smallest absolute Gasteiger partial charge is 0.220 e. The number of hydrogen-bond acceptors (Lipinski definition) is 2. The summed E-state index contributed by atoms with van der Waals surface area (Å²) in [5.41, 5.74) is 0.434. The van der Waals surface area contributed by atoms with E-state index in [2.05, 4.69) is 17.6 Å². The van der Waals surface area contributed by atoms with Crippen LogP contribution in [0.15, 0.2) is 0 Å². The third-order valence-corrected chi connectivity index (χ3v) is 3.75. The van der Waals surface area contributed by atoms with Gasteiger partial charge in [0.05, 0.1) is 0 Å². The maximum absolute atomic E-state index is 11.7. The lowest BCUT2D eigenvalue weighted by molar-refractivity contribution is -0.122. The van der Waals surface area contributed by atoms with Gasteiger partial charge in [0.1, 0.15) is 0 Å². The predicted octanol–water partition coefficient (Wildman–Crippen LogP) is 1.29. The van der Waals surface area contributed by atoms with Crippen LogP contribution in [0.1, 0.15) is 39.0 Å². The Labute approximate surface area is 92.0 Å². The zero-order valence-corrected chi connectivity index (χ0v) is 9.64. The fourth-order valence-electron chi connectivity index (χ4n) is 2.12. The first-order valence-electron chi connectivity index (χ1n) is 6.15. The molecule has 2 aliphatic rings. The van der Waals surface area contributed by atoms with Crippen molar-refractivity contribution >= 4 is 5.91 Å². The van der Waals surface area contributed by atoms with Gasteiger partial charge in [-0.05, 0) is 50.1 Å². The molecule has 15 heavy (non-hydrogen) atoms. The van der Waals surface area contributed by atoms with Crippen LogP contribution in [0, 0.1) is 11.3 Å². The van der Waals surface area contributed by atoms with Crippen LogP contribution in [0.25, 0.3) is 0 Å². The zero-order valence-electron chi connectivity index (χ0n) is 9.64. The quantitative estimate of drug-likeness (QED) is 0.734. The van der Waals surface area contributed by atoms with E-state index in [-0.39, 0.29) is 5.91 Å². The maximum atomic E-state index is 11.7. The Kier molecular flexibility index (Phi) is 3.29. The molecule has 3 heteroatoms. The topological polar surface area (TPSA) is 41.1 Å². The number of carbonyl (C=O) groups excluding carboxylic acids is 1. The minimum Gasteiger partial charge on any atom is -0.356 e. The summed E-state index contributed by atoms with van der Waals surface area (Å²) in [6.07, 6.45) is 5.61. The average Bonchev–Trinajstić information content (AvgIpc) is 2.96. The minimum absolute atomic E-state index is 0.259. The molecule has 1 aliphatic heterocycles. The van der Waals surface area contributed by atoms with Crippen molar-refractivity contribution in [2.75, 3.05) is 19.6 Å². The van der Waals surface area contributed by atoms with E-state index >= 15 is 0 Å². The summed E-state index contributed by atoms with van der Waals surface area (Å²) in [6.45, 7) is 5.29. The molecule has 0 aromatic heterocycles. The van der Waals surface area contributed by atoms with Gasteiger partial charge in [0.2, 0.25) is 5.91 Å². The second kappa shape index (κ2) is 4.52. The standard InChI is InChI=1S/C12H22N2O/c1-12(4-5-12)9-14-11(15)8-10-2-6-13-7-3-10/h10,13H,2-9H2,1H3,(H,14,15). The van der Waals surface area contributed by atoms with Crippen LogP contribution < -0.4 is 10.6 Å². The van der Waals surface area contributed by atoms with Crippen molar-refractivity contribution in [3.05, 3.63) is 0 Å². The Hall–Kier alpha value is -0.570. The Morgan fingerprint density at radius 1 is 1.40 bits per heavy atom. The molecule has 0 radical (unpaired) electrons. The van der Waals surface area contributed by atoms with Gasteiger partial charge in [0, 0.05) is 13.0 Å². The van der Waals surface area contributed by atoms with Gasteiger partial charge in [-0.2, -0.15) is 0 Å². The van der Waals surface area contributed by atoms with Crippen molar-refractivity contribution in [1.82, 2.24) is 10.6 Å². The number of amides is 1. The summed E-state index contributed by atoms with van der Waals surface area (Å²) in [6, 6.07) is 0. The molecule has 1 saturated heterocycles. The Bertz CT molecular complexity index is 230. The van der Waals surface area contributed by atoms with Crippen molar-refractivity contribution in [2.45, 2.75) is 39.0 Å². The van der Waals surface area contributed by atoms with Crippen LogP contribution in [-0.2, 0) is 4.79 Å². The molecule has 0 unspecified atom stereocenters. The second-order valence-electron chi connectivity index (χ2n) is 5.48. The van der Waals surface area contributed by atoms with Crippen molar-refractivity contribution in [2.24, 2.45) is 11.3 Å². The first kappa shape index (κ1) is 10.9. The lowest BCUT2D eigenvalue weighted by atomic mass is 9.94. The number of hydrogen-bond donors (Lipinski definition) is 2. The summed E-state index contributed by atoms with van der Waals surface area (Å²) < 4.78 is 0. The third-order valence-electron chi connectivity index (χ3n) is 3.75. The second-order valence-corrected chi connectivity index (χ2v) is 5.48. The van der Waals surface area contributed by atoms with Crippen molar-refractivity contribution in [3.8, 4) is 0 Å². The number of piperidine rings is 1. The van der Waals surface area contributed by atoms with Gasteiger partial charge >= 0.3 is 0 Å². The monoisotopic (exact) mass is 210 g/mol. The summed E-state index contributed by atoms with van der Waals surface area (Å²) >= 11 is 0. The van der Waals surface area contributed by atoms with E-state index in [0.29, 0.717) is 11.3 Å². The van der Waals surface area contributed by atoms with Gasteiger partial charge in [-0.3, -0.25) is 4.79 Å². The van der Waals surface area contributed by atoms with Crippen LogP contribution in [-0.4, -0.2) is 25.5 Å². The predicted molar refractivity (Wildman–Crippen MR) is 60.6 cm³/mol. The van der Waals surface area contributed by atoms with Gasteiger partial charge < -0.3 is 10.6 Å². The molecule has 2 N–H and O–H groups in total. The van der Waals surface area contributed by atoms with E-state index in [9.17, 15) is 4.79 Å². The molecule has 0 aromatic rings. The molecule has 1 aliphatic carbocycles. The summed E-state index contributed by atoms with van der Waals surface area (Å²) in [5, 5.41) is 6.40. The lowest BCUT2D eigenvalue weighted by Gasteiger charge is -2.22. The molecule has 0 spiro atoms. The Balaban J connectivity index is 1.62. The fraction of sp³-hybridized carbons (Fsp3) is 0.917. The van der Waals surface area contributed by atoms with Crippen molar-refractivity contribution in [1.29, 1.82) is 0 Å². The molecule has 2 fully saturated rings. The molecular formula is C12H22N2O. The fourth-order valence-corrected chi connectivity index (χ4v) is 2.12. The number of rotatable bonds is 4. The van der Waals surface area contributed by atoms with Gasteiger partial charge in [0.15, 0.2) is 0 Å². The van der Waals surface area contributed by atoms with Crippen molar-refractivity contribution < 1.29 is 4.79 Å². The maximum Gasteiger partial charge on any atom is 0.220 e. The Morgan fingerprint density at radius 3 is 2.67 bits per heavy atom. The molecular weight excluding hydrogens is 188 g/mol. The van der Waals surface area contributed by atoms with E-state index in [1.54, 1.807) is 0 Å². The molecule has 0 aromatic carbocycles. The van der Waals surface area contributed by atoms with Crippen LogP contribution in [0.4, 0.5) is 0 Å². The van der Waals surface area contributed by atoms with E-state index in [4.69, 9.17) is 0 Å². The van der Waals surface area contributed by atoms with Gasteiger partial charge in [-0.15, -0.1) is 0 Å². The molecule has 0 bridgehead atoms. The van der Waals surface area contributed by atoms with Crippen LogP contribution in [0.2, 0.25) is 0 Å². The normalized spacial score (nSPS) is 24.9. The van der Waals surface area contributed by atoms with E-state index in [1.807, 2.05) is 0 Å². The highest BCUT2D eigenvalue weighted by Gasteiger charge is 2.37. The zero-order chi connectivity index (χ0) is 10.7.